The molecule has 36 heavy (non-hydrogen) atoms. The Morgan fingerprint density at radius 2 is 2.11 bits per heavy atom. The standard InChI is InChI=1S/C22H29N5O8S/c1-13(28)12-34-21-20(17-5-3-4-8-26(17)25-21)36(32,33)27-11-16(10-23-14(2)29)35-19-7-6-15(9-18(19)27)24-22(30)31/h6-7,9,13,16,24,28H,3-5,8,10-12H2,1-2H3,(H,23,29)(H,30,31)/t13-,16-/m0/s1. The lowest BCUT2D eigenvalue weighted by Crippen LogP contribution is -2.48. The van der Waals surface area contributed by atoms with E-state index in [4.69, 9.17) is 14.6 Å². The molecular formula is C22H29N5O8S. The van der Waals surface area contributed by atoms with E-state index in [1.807, 2.05) is 0 Å². The van der Waals surface area contributed by atoms with Crippen LogP contribution in [0.2, 0.25) is 0 Å². The highest BCUT2D eigenvalue weighted by Crippen LogP contribution is 2.42. The van der Waals surface area contributed by atoms with Gasteiger partial charge in [-0.25, -0.2) is 13.2 Å². The monoisotopic (exact) mass is 523 g/mol. The number of carboxylic acid groups (broad SMARTS) is 1. The predicted octanol–water partition coefficient (Wildman–Crippen LogP) is 1.16. The van der Waals surface area contributed by atoms with Crippen molar-refractivity contribution in [3.63, 3.8) is 0 Å². The first-order valence-corrected chi connectivity index (χ1v) is 13.0. The number of hydrogen-bond donors (Lipinski definition) is 4. The van der Waals surface area contributed by atoms with Gasteiger partial charge in [0.15, 0.2) is 4.90 Å². The molecule has 2 aliphatic rings. The van der Waals surface area contributed by atoms with E-state index >= 15 is 0 Å². The third kappa shape index (κ3) is 5.33. The number of sulfonamides is 1. The number of carbonyl (C=O) groups is 2. The van der Waals surface area contributed by atoms with Crippen LogP contribution in [0.15, 0.2) is 23.1 Å². The zero-order valence-corrected chi connectivity index (χ0v) is 20.7. The third-order valence-electron chi connectivity index (χ3n) is 5.74. The molecule has 2 amide bonds. The predicted molar refractivity (Wildman–Crippen MR) is 128 cm³/mol. The molecule has 2 aliphatic heterocycles. The van der Waals surface area contributed by atoms with E-state index in [9.17, 15) is 23.1 Å². The number of aromatic nitrogens is 2. The topological polar surface area (TPSA) is 172 Å². The van der Waals surface area contributed by atoms with Crippen molar-refractivity contribution in [1.82, 2.24) is 15.1 Å². The molecule has 4 rings (SSSR count). The quantitative estimate of drug-likeness (QED) is 0.396. The summed E-state index contributed by atoms with van der Waals surface area (Å²) in [6.45, 7) is 3.18. The first-order valence-electron chi connectivity index (χ1n) is 11.5. The van der Waals surface area contributed by atoms with Crippen LogP contribution in [0.25, 0.3) is 0 Å². The van der Waals surface area contributed by atoms with Crippen molar-refractivity contribution in [2.24, 2.45) is 0 Å². The fourth-order valence-corrected chi connectivity index (χ4v) is 6.02. The number of amides is 2. The second-order valence-electron chi connectivity index (χ2n) is 8.75. The van der Waals surface area contributed by atoms with Gasteiger partial charge in [0.1, 0.15) is 18.5 Å². The zero-order valence-electron chi connectivity index (χ0n) is 19.9. The first kappa shape index (κ1) is 25.6. The summed E-state index contributed by atoms with van der Waals surface area (Å²) in [5.41, 5.74) is 0.804. The molecule has 0 aliphatic carbocycles. The number of nitrogens with one attached hydrogen (secondary N) is 2. The Bertz CT molecular complexity index is 1260. The number of nitrogens with zero attached hydrogens (tertiary/aromatic N) is 3. The molecule has 0 fully saturated rings. The molecule has 14 heteroatoms. The summed E-state index contributed by atoms with van der Waals surface area (Å²) in [5.74, 6) is -0.179. The minimum atomic E-state index is -4.29. The van der Waals surface area contributed by atoms with Gasteiger partial charge in [-0.05, 0) is 44.4 Å². The van der Waals surface area contributed by atoms with Crippen LogP contribution in [0.5, 0.6) is 11.6 Å². The van der Waals surface area contributed by atoms with E-state index in [2.05, 4.69) is 15.7 Å². The van der Waals surface area contributed by atoms with Gasteiger partial charge in [-0.1, -0.05) is 0 Å². The normalized spacial score (nSPS) is 17.9. The van der Waals surface area contributed by atoms with Gasteiger partial charge in [-0.3, -0.25) is 19.1 Å². The van der Waals surface area contributed by atoms with Crippen LogP contribution in [0, 0.1) is 0 Å². The molecule has 0 bridgehead atoms. The van der Waals surface area contributed by atoms with Gasteiger partial charge in [-0.2, -0.15) is 0 Å². The number of hydrogen-bond acceptors (Lipinski definition) is 8. The summed E-state index contributed by atoms with van der Waals surface area (Å²) < 4.78 is 42.7. The van der Waals surface area contributed by atoms with E-state index in [0.717, 1.165) is 17.1 Å². The molecular weight excluding hydrogens is 494 g/mol. The molecule has 2 atom stereocenters. The average molecular weight is 524 g/mol. The molecule has 3 heterocycles. The van der Waals surface area contributed by atoms with E-state index in [0.29, 0.717) is 18.7 Å². The maximum atomic E-state index is 14.2. The van der Waals surface area contributed by atoms with Gasteiger partial charge in [0.25, 0.3) is 15.9 Å². The fraction of sp³-hybridized carbons (Fsp3) is 0.500. The zero-order chi connectivity index (χ0) is 26.0. The van der Waals surface area contributed by atoms with Crippen LogP contribution in [-0.4, -0.2) is 72.3 Å². The Labute approximate surface area is 208 Å². The van der Waals surface area contributed by atoms with Crippen molar-refractivity contribution in [3.05, 3.63) is 23.9 Å². The summed E-state index contributed by atoms with van der Waals surface area (Å²) in [6, 6.07) is 4.31. The van der Waals surface area contributed by atoms with Gasteiger partial charge in [0.05, 0.1) is 30.6 Å². The average Bonchev–Trinajstić information content (AvgIpc) is 3.20. The lowest BCUT2D eigenvalue weighted by molar-refractivity contribution is -0.119. The number of rotatable bonds is 8. The second kappa shape index (κ2) is 10.2. The molecule has 1 aromatic heterocycles. The molecule has 2 aromatic rings. The largest absolute Gasteiger partial charge is 0.484 e. The van der Waals surface area contributed by atoms with Crippen LogP contribution in [-0.2, 0) is 27.8 Å². The smallest absolute Gasteiger partial charge is 0.409 e. The van der Waals surface area contributed by atoms with Crippen molar-refractivity contribution in [1.29, 1.82) is 0 Å². The number of aliphatic hydroxyl groups is 1. The highest BCUT2D eigenvalue weighted by molar-refractivity contribution is 7.93. The summed E-state index contributed by atoms with van der Waals surface area (Å²) in [4.78, 5) is 22.5. The minimum absolute atomic E-state index is 0.0629. The Morgan fingerprint density at radius 1 is 1.33 bits per heavy atom. The maximum absolute atomic E-state index is 14.2. The molecule has 0 spiro atoms. The molecule has 196 valence electrons. The minimum Gasteiger partial charge on any atom is -0.484 e. The van der Waals surface area contributed by atoms with Crippen LogP contribution < -0.4 is 24.4 Å². The highest BCUT2D eigenvalue weighted by Gasteiger charge is 2.40. The molecule has 13 nitrogen and oxygen atoms in total. The first-order chi connectivity index (χ1) is 17.1. The number of anilines is 2. The molecule has 0 radical (unpaired) electrons. The molecule has 0 saturated heterocycles. The Balaban J connectivity index is 1.81. The van der Waals surface area contributed by atoms with E-state index < -0.39 is 28.3 Å². The van der Waals surface area contributed by atoms with E-state index in [1.165, 1.54) is 32.0 Å². The number of fused-ring (bicyclic) bond motifs is 2. The van der Waals surface area contributed by atoms with Gasteiger partial charge in [0.2, 0.25) is 5.91 Å². The van der Waals surface area contributed by atoms with Gasteiger partial charge < -0.3 is 25.0 Å². The fourth-order valence-electron chi connectivity index (χ4n) is 4.21. The van der Waals surface area contributed by atoms with E-state index in [1.54, 1.807) is 4.68 Å². The van der Waals surface area contributed by atoms with Gasteiger partial charge >= 0.3 is 6.09 Å². The van der Waals surface area contributed by atoms with Crippen LogP contribution >= 0.6 is 0 Å². The van der Waals surface area contributed by atoms with Crippen molar-refractivity contribution in [2.75, 3.05) is 29.3 Å². The van der Waals surface area contributed by atoms with E-state index in [-0.39, 0.29) is 53.5 Å². The van der Waals surface area contributed by atoms with Crippen LogP contribution in [0.4, 0.5) is 16.2 Å². The molecule has 1 aromatic carbocycles. The Morgan fingerprint density at radius 3 is 2.81 bits per heavy atom. The Hall–Kier alpha value is -3.52. The lowest BCUT2D eigenvalue weighted by Gasteiger charge is -2.36. The van der Waals surface area contributed by atoms with Crippen molar-refractivity contribution in [2.45, 2.75) is 56.8 Å². The van der Waals surface area contributed by atoms with Crippen LogP contribution in [0.3, 0.4) is 0 Å². The van der Waals surface area contributed by atoms with Gasteiger partial charge in [0, 0.05) is 19.2 Å². The lowest BCUT2D eigenvalue weighted by atomic mass is 10.1. The third-order valence-corrected chi connectivity index (χ3v) is 7.60. The number of ether oxygens (including phenoxy) is 2. The van der Waals surface area contributed by atoms with Crippen molar-refractivity contribution >= 4 is 33.4 Å². The summed E-state index contributed by atoms with van der Waals surface area (Å²) >= 11 is 0. The number of benzene rings is 1. The summed E-state index contributed by atoms with van der Waals surface area (Å²) in [5, 5.41) is 28.1. The summed E-state index contributed by atoms with van der Waals surface area (Å²) in [7, 11) is -4.29. The molecule has 4 N–H and O–H groups in total. The SMILES string of the molecule is CC(=O)NC[C@H]1CN(S(=O)(=O)c2c(OC[C@H](C)O)nn3c2CCCC3)c2cc(NC(=O)O)ccc2O1. The number of aryl methyl sites for hydroxylation is 1. The molecule has 0 unspecified atom stereocenters. The van der Waals surface area contributed by atoms with Gasteiger partial charge in [-0.15, -0.1) is 5.10 Å². The van der Waals surface area contributed by atoms with Crippen LogP contribution in [0.1, 0.15) is 32.4 Å². The van der Waals surface area contributed by atoms with Crippen molar-refractivity contribution in [3.8, 4) is 11.6 Å². The number of aliphatic hydroxyl groups excluding tert-OH is 1. The highest BCUT2D eigenvalue weighted by atomic mass is 32.2. The van der Waals surface area contributed by atoms with Crippen molar-refractivity contribution < 1.29 is 37.7 Å². The Kier molecular flexibility index (Phi) is 7.26. The second-order valence-corrected chi connectivity index (χ2v) is 10.5. The summed E-state index contributed by atoms with van der Waals surface area (Å²) in [6.07, 6.45) is -0.747. The number of carbonyl (C=O) groups excluding carboxylic acids is 1. The molecule has 0 saturated carbocycles. The maximum Gasteiger partial charge on any atom is 0.409 e.